The summed E-state index contributed by atoms with van der Waals surface area (Å²) in [6.45, 7) is 1.78. The maximum Gasteiger partial charge on any atom is 0.319 e. The zero-order valence-corrected chi connectivity index (χ0v) is 14.6. The minimum Gasteiger partial charge on any atom is -0.383 e. The summed E-state index contributed by atoms with van der Waals surface area (Å²) < 4.78 is 1.10. The van der Waals surface area contributed by atoms with Crippen LogP contribution in [0, 0.1) is 0 Å². The predicted octanol–water partition coefficient (Wildman–Crippen LogP) is 4.58. The number of para-hydroxylation sites is 1. The number of anilines is 1. The molecule has 124 valence electrons. The SMILES string of the molecule is CC(O)(CNC(=O)Nc1ccccc1Cl)c1cc2ccccc2s1. The minimum absolute atomic E-state index is 0.0934. The average molecular weight is 361 g/mol. The van der Waals surface area contributed by atoms with Gasteiger partial charge in [0.05, 0.1) is 17.3 Å². The van der Waals surface area contributed by atoms with Gasteiger partial charge in [-0.15, -0.1) is 11.3 Å². The number of fused-ring (bicyclic) bond motifs is 1. The van der Waals surface area contributed by atoms with E-state index in [1.165, 1.54) is 11.3 Å². The van der Waals surface area contributed by atoms with E-state index in [0.29, 0.717) is 10.7 Å². The number of hydrogen-bond acceptors (Lipinski definition) is 3. The molecule has 24 heavy (non-hydrogen) atoms. The van der Waals surface area contributed by atoms with Crippen LogP contribution >= 0.6 is 22.9 Å². The topological polar surface area (TPSA) is 61.4 Å². The molecule has 4 nitrogen and oxygen atoms in total. The van der Waals surface area contributed by atoms with Gasteiger partial charge in [0, 0.05) is 9.58 Å². The van der Waals surface area contributed by atoms with E-state index >= 15 is 0 Å². The van der Waals surface area contributed by atoms with E-state index in [4.69, 9.17) is 11.6 Å². The maximum absolute atomic E-state index is 12.0. The molecule has 0 saturated carbocycles. The van der Waals surface area contributed by atoms with Gasteiger partial charge in [-0.25, -0.2) is 4.79 Å². The number of thiophene rings is 1. The highest BCUT2D eigenvalue weighted by Gasteiger charge is 2.26. The maximum atomic E-state index is 12.0. The van der Waals surface area contributed by atoms with Gasteiger partial charge < -0.3 is 15.7 Å². The van der Waals surface area contributed by atoms with E-state index in [2.05, 4.69) is 10.6 Å². The standard InChI is InChI=1S/C18H17ClN2O2S/c1-18(23,16-10-12-6-2-5-9-15(12)24-16)11-20-17(22)21-14-8-4-3-7-13(14)19/h2-10,23H,11H2,1H3,(H2,20,21,22). The van der Waals surface area contributed by atoms with Crippen molar-refractivity contribution in [1.29, 1.82) is 0 Å². The normalized spacial score (nSPS) is 13.5. The van der Waals surface area contributed by atoms with E-state index in [-0.39, 0.29) is 6.54 Å². The molecular formula is C18H17ClN2O2S. The fourth-order valence-corrected chi connectivity index (χ4v) is 3.61. The lowest BCUT2D eigenvalue weighted by Crippen LogP contribution is -2.40. The van der Waals surface area contributed by atoms with Crippen molar-refractivity contribution in [3.05, 3.63) is 64.5 Å². The van der Waals surface area contributed by atoms with Crippen molar-refractivity contribution in [1.82, 2.24) is 5.32 Å². The van der Waals surface area contributed by atoms with Crippen molar-refractivity contribution >= 4 is 44.7 Å². The monoisotopic (exact) mass is 360 g/mol. The first-order chi connectivity index (χ1) is 11.5. The van der Waals surface area contributed by atoms with Crippen molar-refractivity contribution in [2.45, 2.75) is 12.5 Å². The Labute approximate surface area is 149 Å². The number of rotatable bonds is 4. The van der Waals surface area contributed by atoms with Crippen molar-refractivity contribution in [3.63, 3.8) is 0 Å². The van der Waals surface area contributed by atoms with Crippen LogP contribution in [0.1, 0.15) is 11.8 Å². The Balaban J connectivity index is 1.66. The number of carbonyl (C=O) groups is 1. The molecule has 0 aliphatic heterocycles. The lowest BCUT2D eigenvalue weighted by molar-refractivity contribution is 0.0638. The van der Waals surface area contributed by atoms with E-state index < -0.39 is 11.6 Å². The summed E-state index contributed by atoms with van der Waals surface area (Å²) in [6.07, 6.45) is 0. The molecule has 1 unspecified atom stereocenters. The smallest absolute Gasteiger partial charge is 0.319 e. The van der Waals surface area contributed by atoms with Gasteiger partial charge >= 0.3 is 6.03 Å². The predicted molar refractivity (Wildman–Crippen MR) is 99.9 cm³/mol. The summed E-state index contributed by atoms with van der Waals surface area (Å²) in [6, 6.07) is 16.5. The molecule has 3 aromatic rings. The molecule has 3 rings (SSSR count). The van der Waals surface area contributed by atoms with Crippen LogP contribution in [0.15, 0.2) is 54.6 Å². The van der Waals surface area contributed by atoms with Gasteiger partial charge in [0.15, 0.2) is 0 Å². The Morgan fingerprint density at radius 3 is 2.67 bits per heavy atom. The van der Waals surface area contributed by atoms with Gasteiger partial charge in [0.2, 0.25) is 0 Å². The number of aliphatic hydroxyl groups is 1. The minimum atomic E-state index is -1.15. The zero-order valence-electron chi connectivity index (χ0n) is 13.0. The molecule has 1 heterocycles. The van der Waals surface area contributed by atoms with Gasteiger partial charge in [-0.1, -0.05) is 41.9 Å². The molecule has 0 bridgehead atoms. The van der Waals surface area contributed by atoms with Crippen LogP contribution in [0.3, 0.4) is 0 Å². The summed E-state index contributed by atoms with van der Waals surface area (Å²) in [5, 5.41) is 17.6. The molecule has 0 aliphatic rings. The van der Waals surface area contributed by atoms with Crippen LogP contribution in [0.5, 0.6) is 0 Å². The van der Waals surface area contributed by atoms with Crippen molar-refractivity contribution in [2.75, 3.05) is 11.9 Å². The largest absolute Gasteiger partial charge is 0.383 e. The highest BCUT2D eigenvalue weighted by molar-refractivity contribution is 7.19. The van der Waals surface area contributed by atoms with Gasteiger partial charge in [-0.3, -0.25) is 0 Å². The molecule has 2 aromatic carbocycles. The third kappa shape index (κ3) is 3.70. The second-order valence-electron chi connectivity index (χ2n) is 5.71. The summed E-state index contributed by atoms with van der Waals surface area (Å²) in [4.78, 5) is 12.8. The Morgan fingerprint density at radius 2 is 1.92 bits per heavy atom. The Bertz CT molecular complexity index is 843. The molecule has 0 spiro atoms. The third-order valence-corrected chi connectivity index (χ3v) is 5.37. The van der Waals surface area contributed by atoms with Crippen LogP contribution < -0.4 is 10.6 Å². The molecule has 0 fully saturated rings. The Hall–Kier alpha value is -2.08. The Morgan fingerprint density at radius 1 is 1.21 bits per heavy atom. The number of amides is 2. The number of benzene rings is 2. The molecule has 1 aromatic heterocycles. The van der Waals surface area contributed by atoms with Crippen LogP contribution in [-0.4, -0.2) is 17.7 Å². The zero-order chi connectivity index (χ0) is 17.2. The molecular weight excluding hydrogens is 344 g/mol. The second-order valence-corrected chi connectivity index (χ2v) is 7.20. The molecule has 0 radical (unpaired) electrons. The fraction of sp³-hybridized carbons (Fsp3) is 0.167. The third-order valence-electron chi connectivity index (χ3n) is 3.67. The summed E-state index contributed by atoms with van der Waals surface area (Å²) in [5.74, 6) is 0. The molecule has 0 saturated heterocycles. The number of carbonyl (C=O) groups excluding carboxylic acids is 1. The first-order valence-electron chi connectivity index (χ1n) is 7.46. The molecule has 1 atom stereocenters. The van der Waals surface area contributed by atoms with Crippen molar-refractivity contribution in [3.8, 4) is 0 Å². The van der Waals surface area contributed by atoms with Gasteiger partial charge in [0.25, 0.3) is 0 Å². The number of hydrogen-bond donors (Lipinski definition) is 3. The molecule has 3 N–H and O–H groups in total. The van der Waals surface area contributed by atoms with E-state index in [1.807, 2.05) is 30.3 Å². The lowest BCUT2D eigenvalue weighted by atomic mass is 10.0. The molecule has 2 amide bonds. The van der Waals surface area contributed by atoms with Crippen LogP contribution in [-0.2, 0) is 5.60 Å². The van der Waals surface area contributed by atoms with Gasteiger partial charge in [-0.2, -0.15) is 0 Å². The van der Waals surface area contributed by atoms with E-state index in [1.54, 1.807) is 31.2 Å². The van der Waals surface area contributed by atoms with Gasteiger partial charge in [-0.05, 0) is 36.6 Å². The Kier molecular flexibility index (Phi) is 4.76. The highest BCUT2D eigenvalue weighted by Crippen LogP contribution is 2.32. The van der Waals surface area contributed by atoms with Crippen LogP contribution in [0.2, 0.25) is 5.02 Å². The number of halogens is 1. The number of nitrogens with one attached hydrogen (secondary N) is 2. The van der Waals surface area contributed by atoms with Crippen molar-refractivity contribution < 1.29 is 9.90 Å². The molecule has 0 aliphatic carbocycles. The van der Waals surface area contributed by atoms with E-state index in [0.717, 1.165) is 15.0 Å². The van der Waals surface area contributed by atoms with E-state index in [9.17, 15) is 9.90 Å². The molecule has 6 heteroatoms. The summed E-state index contributed by atoms with van der Waals surface area (Å²) >= 11 is 7.53. The van der Waals surface area contributed by atoms with Crippen LogP contribution in [0.25, 0.3) is 10.1 Å². The van der Waals surface area contributed by atoms with Crippen molar-refractivity contribution in [2.24, 2.45) is 0 Å². The quantitative estimate of drug-likeness (QED) is 0.637. The first kappa shape index (κ1) is 16.8. The number of urea groups is 1. The summed E-state index contributed by atoms with van der Waals surface area (Å²) in [7, 11) is 0. The summed E-state index contributed by atoms with van der Waals surface area (Å²) in [5.41, 5.74) is -0.625. The lowest BCUT2D eigenvalue weighted by Gasteiger charge is -2.22. The second kappa shape index (κ2) is 6.81. The van der Waals surface area contributed by atoms with Crippen LogP contribution in [0.4, 0.5) is 10.5 Å². The van der Waals surface area contributed by atoms with Gasteiger partial charge in [0.1, 0.15) is 5.60 Å². The average Bonchev–Trinajstić information content (AvgIpc) is 3.00. The highest BCUT2D eigenvalue weighted by atomic mass is 35.5. The first-order valence-corrected chi connectivity index (χ1v) is 8.66. The fourth-order valence-electron chi connectivity index (χ4n) is 2.32.